The van der Waals surface area contributed by atoms with Gasteiger partial charge in [-0.1, -0.05) is 0 Å². The molecule has 1 aliphatic rings. The number of esters is 1. The minimum atomic E-state index is -0.328. The van der Waals surface area contributed by atoms with Crippen LogP contribution in [0.3, 0.4) is 0 Å². The highest BCUT2D eigenvalue weighted by Gasteiger charge is 2.28. The van der Waals surface area contributed by atoms with Crippen LogP contribution in [0.5, 0.6) is 0 Å². The Bertz CT molecular complexity index is 317. The van der Waals surface area contributed by atoms with E-state index in [0.29, 0.717) is 18.3 Å². The molecule has 82 valence electrons. The van der Waals surface area contributed by atoms with Gasteiger partial charge in [-0.25, -0.2) is 0 Å². The summed E-state index contributed by atoms with van der Waals surface area (Å²) in [6.07, 6.45) is 3.97. The van der Waals surface area contributed by atoms with E-state index in [9.17, 15) is 4.79 Å². The van der Waals surface area contributed by atoms with Gasteiger partial charge in [-0.2, -0.15) is 0 Å². The summed E-state index contributed by atoms with van der Waals surface area (Å²) in [6.45, 7) is 0.588. The number of methoxy groups -OCH3 is 1. The van der Waals surface area contributed by atoms with E-state index < -0.39 is 0 Å². The molecule has 0 spiro atoms. The molecule has 1 atom stereocenters. The predicted molar refractivity (Wildman–Crippen MR) is 54.5 cm³/mol. The molecule has 1 N–H and O–H groups in total. The van der Waals surface area contributed by atoms with Crippen molar-refractivity contribution in [3.63, 3.8) is 0 Å². The lowest BCUT2D eigenvalue weighted by Crippen LogP contribution is -2.28. The molecule has 0 aliphatic heterocycles. The van der Waals surface area contributed by atoms with Crippen molar-refractivity contribution < 1.29 is 13.9 Å². The number of ether oxygens (including phenoxy) is 1. The molecule has 2 rings (SSSR count). The van der Waals surface area contributed by atoms with E-state index >= 15 is 0 Å². The van der Waals surface area contributed by atoms with Crippen LogP contribution in [0.2, 0.25) is 0 Å². The molecule has 0 aromatic carbocycles. The average Bonchev–Trinajstić information content (AvgIpc) is 2.92. The van der Waals surface area contributed by atoms with Gasteiger partial charge in [0.2, 0.25) is 0 Å². The Morgan fingerprint density at radius 3 is 3.07 bits per heavy atom. The molecule has 0 amide bonds. The second-order valence-electron chi connectivity index (χ2n) is 3.77. The lowest BCUT2D eigenvalue weighted by Gasteiger charge is -2.12. The van der Waals surface area contributed by atoms with E-state index in [4.69, 9.17) is 9.15 Å². The average molecular weight is 209 g/mol. The quantitative estimate of drug-likeness (QED) is 0.742. The third kappa shape index (κ3) is 2.59. The van der Waals surface area contributed by atoms with Crippen LogP contribution in [0, 0.1) is 0 Å². The molecule has 1 fully saturated rings. The summed E-state index contributed by atoms with van der Waals surface area (Å²) in [5, 5.41) is 3.30. The largest absolute Gasteiger partial charge is 0.468 e. The van der Waals surface area contributed by atoms with Crippen LogP contribution in [-0.2, 0) is 9.53 Å². The predicted octanol–water partition coefficient (Wildman–Crippen LogP) is 1.29. The van der Waals surface area contributed by atoms with Gasteiger partial charge < -0.3 is 14.5 Å². The fourth-order valence-corrected chi connectivity index (χ4v) is 1.50. The van der Waals surface area contributed by atoms with Crippen LogP contribution < -0.4 is 5.32 Å². The van der Waals surface area contributed by atoms with Gasteiger partial charge in [0.15, 0.2) is 0 Å². The highest BCUT2D eigenvalue weighted by Crippen LogP contribution is 2.22. The SMILES string of the molecule is COC(=O)C(CNC1CC1)c1ccco1. The Morgan fingerprint density at radius 2 is 2.53 bits per heavy atom. The number of nitrogens with one attached hydrogen (secondary N) is 1. The first-order chi connectivity index (χ1) is 7.31. The van der Waals surface area contributed by atoms with Crippen LogP contribution >= 0.6 is 0 Å². The van der Waals surface area contributed by atoms with E-state index in [0.717, 1.165) is 0 Å². The zero-order valence-electron chi connectivity index (χ0n) is 8.73. The highest BCUT2D eigenvalue weighted by molar-refractivity contribution is 5.77. The Kier molecular flexibility index (Phi) is 3.06. The van der Waals surface area contributed by atoms with E-state index in [2.05, 4.69) is 5.32 Å². The van der Waals surface area contributed by atoms with Gasteiger partial charge >= 0.3 is 5.97 Å². The van der Waals surface area contributed by atoms with Gasteiger partial charge in [0.25, 0.3) is 0 Å². The van der Waals surface area contributed by atoms with Crippen molar-refractivity contribution in [3.8, 4) is 0 Å². The summed E-state index contributed by atoms with van der Waals surface area (Å²) in [6, 6.07) is 4.16. The summed E-state index contributed by atoms with van der Waals surface area (Å²) < 4.78 is 9.98. The Balaban J connectivity index is 1.98. The molecule has 1 aromatic heterocycles. The van der Waals surface area contributed by atoms with Gasteiger partial charge in [0.1, 0.15) is 11.7 Å². The van der Waals surface area contributed by atoms with Crippen molar-refractivity contribution in [1.82, 2.24) is 5.32 Å². The van der Waals surface area contributed by atoms with E-state index in [1.165, 1.54) is 20.0 Å². The summed E-state index contributed by atoms with van der Waals surface area (Å²) in [5.41, 5.74) is 0. The number of carbonyl (C=O) groups is 1. The normalized spacial score (nSPS) is 17.4. The molecule has 1 heterocycles. The van der Waals surface area contributed by atoms with Crippen molar-refractivity contribution in [2.45, 2.75) is 24.8 Å². The number of rotatable bonds is 5. The molecule has 0 bridgehead atoms. The maximum absolute atomic E-state index is 11.5. The molecule has 0 radical (unpaired) electrons. The van der Waals surface area contributed by atoms with E-state index in [1.807, 2.05) is 0 Å². The van der Waals surface area contributed by atoms with E-state index in [1.54, 1.807) is 18.4 Å². The standard InChI is InChI=1S/C11H15NO3/c1-14-11(13)9(7-12-8-4-5-8)10-3-2-6-15-10/h2-3,6,8-9,12H,4-5,7H2,1H3. The van der Waals surface area contributed by atoms with Crippen molar-refractivity contribution in [2.24, 2.45) is 0 Å². The van der Waals surface area contributed by atoms with Gasteiger partial charge in [-0.05, 0) is 25.0 Å². The lowest BCUT2D eigenvalue weighted by atomic mass is 10.1. The molecule has 1 saturated carbocycles. The lowest BCUT2D eigenvalue weighted by molar-refractivity contribution is -0.142. The fraction of sp³-hybridized carbons (Fsp3) is 0.545. The Morgan fingerprint density at radius 1 is 1.73 bits per heavy atom. The van der Waals surface area contributed by atoms with Crippen LogP contribution in [0.4, 0.5) is 0 Å². The fourth-order valence-electron chi connectivity index (χ4n) is 1.50. The molecule has 1 aromatic rings. The minimum absolute atomic E-state index is 0.252. The van der Waals surface area contributed by atoms with Crippen molar-refractivity contribution in [2.75, 3.05) is 13.7 Å². The van der Waals surface area contributed by atoms with Gasteiger partial charge in [0.05, 0.1) is 13.4 Å². The second kappa shape index (κ2) is 4.49. The summed E-state index contributed by atoms with van der Waals surface area (Å²) >= 11 is 0. The van der Waals surface area contributed by atoms with Crippen LogP contribution in [0.1, 0.15) is 24.5 Å². The molecule has 4 heteroatoms. The van der Waals surface area contributed by atoms with Crippen molar-refractivity contribution in [1.29, 1.82) is 0 Å². The highest BCUT2D eigenvalue weighted by atomic mass is 16.5. The maximum atomic E-state index is 11.5. The van der Waals surface area contributed by atoms with Crippen LogP contribution in [0.15, 0.2) is 22.8 Å². The Labute approximate surface area is 88.6 Å². The van der Waals surface area contributed by atoms with Crippen LogP contribution in [0.25, 0.3) is 0 Å². The van der Waals surface area contributed by atoms with Gasteiger partial charge in [0, 0.05) is 12.6 Å². The van der Waals surface area contributed by atoms with Crippen molar-refractivity contribution in [3.05, 3.63) is 24.2 Å². The maximum Gasteiger partial charge on any atom is 0.317 e. The number of hydrogen-bond donors (Lipinski definition) is 1. The first kappa shape index (κ1) is 10.2. The molecule has 0 saturated heterocycles. The molecule has 4 nitrogen and oxygen atoms in total. The summed E-state index contributed by atoms with van der Waals surface area (Å²) in [4.78, 5) is 11.5. The smallest absolute Gasteiger partial charge is 0.317 e. The minimum Gasteiger partial charge on any atom is -0.468 e. The number of hydrogen-bond acceptors (Lipinski definition) is 4. The monoisotopic (exact) mass is 209 g/mol. The third-order valence-electron chi connectivity index (χ3n) is 2.56. The van der Waals surface area contributed by atoms with Crippen LogP contribution in [-0.4, -0.2) is 25.7 Å². The molecule has 1 aliphatic carbocycles. The van der Waals surface area contributed by atoms with E-state index in [-0.39, 0.29) is 11.9 Å². The first-order valence-corrected chi connectivity index (χ1v) is 5.16. The topological polar surface area (TPSA) is 51.5 Å². The van der Waals surface area contributed by atoms with Gasteiger partial charge in [-0.15, -0.1) is 0 Å². The van der Waals surface area contributed by atoms with Crippen molar-refractivity contribution >= 4 is 5.97 Å². The zero-order valence-corrected chi connectivity index (χ0v) is 8.73. The molecule has 1 unspecified atom stereocenters. The third-order valence-corrected chi connectivity index (χ3v) is 2.56. The summed E-state index contributed by atoms with van der Waals surface area (Å²) in [5.74, 6) is 0.0821. The van der Waals surface area contributed by atoms with Gasteiger partial charge in [-0.3, -0.25) is 4.79 Å². The zero-order chi connectivity index (χ0) is 10.7. The molecule has 15 heavy (non-hydrogen) atoms. The Hall–Kier alpha value is -1.29. The second-order valence-corrected chi connectivity index (χ2v) is 3.77. The first-order valence-electron chi connectivity index (χ1n) is 5.16. The number of carbonyl (C=O) groups excluding carboxylic acids is 1. The molecular weight excluding hydrogens is 194 g/mol. The molecular formula is C11H15NO3. The summed E-state index contributed by atoms with van der Waals surface area (Å²) in [7, 11) is 1.40. The number of furan rings is 1.